The van der Waals surface area contributed by atoms with Crippen LogP contribution in [0.1, 0.15) is 25.3 Å². The maximum atomic E-state index is 10.8. The van der Waals surface area contributed by atoms with Crippen molar-refractivity contribution in [3.05, 3.63) is 58.7 Å². The third-order valence-electron chi connectivity index (χ3n) is 4.95. The maximum Gasteiger partial charge on any atom is 0.302 e. The summed E-state index contributed by atoms with van der Waals surface area (Å²) in [6.45, 7) is 4.97. The van der Waals surface area contributed by atoms with E-state index in [1.807, 2.05) is 0 Å². The molecule has 0 aliphatic carbocycles. The lowest BCUT2D eigenvalue weighted by atomic mass is 9.98. The van der Waals surface area contributed by atoms with Gasteiger partial charge in [-0.15, -0.1) is 0 Å². The minimum atomic E-state index is -0.249. The molecule has 3 rings (SSSR count). The van der Waals surface area contributed by atoms with Crippen molar-refractivity contribution in [1.29, 1.82) is 0 Å². The van der Waals surface area contributed by atoms with Crippen LogP contribution in [-0.2, 0) is 16.0 Å². The molecule has 5 heteroatoms. The Bertz CT molecular complexity index is 825. The van der Waals surface area contributed by atoms with Crippen molar-refractivity contribution in [3.8, 4) is 0 Å². The van der Waals surface area contributed by atoms with Gasteiger partial charge in [0.15, 0.2) is 0 Å². The maximum absolute atomic E-state index is 10.8. The monoisotopic (exact) mass is 430 g/mol. The van der Waals surface area contributed by atoms with Gasteiger partial charge in [-0.05, 0) is 36.8 Å². The second-order valence-electron chi connectivity index (χ2n) is 7.07. The first-order valence-corrected chi connectivity index (χ1v) is 10.3. The van der Waals surface area contributed by atoms with Gasteiger partial charge in [0.05, 0.1) is 0 Å². The van der Waals surface area contributed by atoms with Crippen molar-refractivity contribution in [2.24, 2.45) is 5.92 Å². The van der Waals surface area contributed by atoms with Gasteiger partial charge >= 0.3 is 5.97 Å². The largest absolute Gasteiger partial charge is 0.460 e. The van der Waals surface area contributed by atoms with Crippen LogP contribution in [0.5, 0.6) is 0 Å². The quantitative estimate of drug-likeness (QED) is 0.482. The number of hydrogen-bond acceptors (Lipinski definition) is 3. The molecule has 0 spiro atoms. The molecule has 1 aliphatic heterocycles. The van der Waals surface area contributed by atoms with Gasteiger partial charge in [-0.3, -0.25) is 9.69 Å². The number of aromatic nitrogens is 1. The molecule has 2 heterocycles. The van der Waals surface area contributed by atoms with Crippen LogP contribution in [-0.4, -0.2) is 42.1 Å². The van der Waals surface area contributed by atoms with Crippen LogP contribution in [0.2, 0.25) is 0 Å². The van der Waals surface area contributed by atoms with E-state index in [2.05, 4.69) is 74.5 Å². The number of benzene rings is 1. The number of H-pyrrole nitrogens is 1. The highest BCUT2D eigenvalue weighted by molar-refractivity contribution is 9.11. The number of nitrogens with one attached hydrogen (secondary N) is 1. The number of esters is 1. The van der Waals surface area contributed by atoms with Crippen molar-refractivity contribution in [2.75, 3.05) is 26.2 Å². The van der Waals surface area contributed by atoms with Gasteiger partial charge in [-0.1, -0.05) is 52.4 Å². The number of para-hydroxylation sites is 1. The number of ether oxygens (including phenoxy) is 1. The number of fused-ring (bicyclic) bond motifs is 1. The van der Waals surface area contributed by atoms with Crippen LogP contribution >= 0.6 is 15.9 Å². The van der Waals surface area contributed by atoms with Crippen molar-refractivity contribution < 1.29 is 9.53 Å². The topological polar surface area (TPSA) is 45.3 Å². The van der Waals surface area contributed by atoms with Gasteiger partial charge in [0, 0.05) is 48.1 Å². The van der Waals surface area contributed by atoms with Crippen molar-refractivity contribution in [1.82, 2.24) is 9.88 Å². The lowest BCUT2D eigenvalue weighted by Gasteiger charge is -2.28. The van der Waals surface area contributed by atoms with Crippen molar-refractivity contribution >= 4 is 32.8 Å². The van der Waals surface area contributed by atoms with Crippen molar-refractivity contribution in [2.45, 2.75) is 26.2 Å². The van der Waals surface area contributed by atoms with Gasteiger partial charge in [-0.25, -0.2) is 0 Å². The predicted molar refractivity (Wildman–Crippen MR) is 114 cm³/mol. The SMILES string of the molecule is CC(=O)OC/C(Br)=C/CC[C@H]1C=CCN(CCc2c[nH]c3ccccc23)C1. The van der Waals surface area contributed by atoms with Gasteiger partial charge in [0.2, 0.25) is 0 Å². The minimum Gasteiger partial charge on any atom is -0.460 e. The summed E-state index contributed by atoms with van der Waals surface area (Å²) in [6.07, 6.45) is 12.0. The molecule has 1 atom stereocenters. The Morgan fingerprint density at radius 1 is 1.41 bits per heavy atom. The average Bonchev–Trinajstić information content (AvgIpc) is 3.08. The third-order valence-corrected chi connectivity index (χ3v) is 5.51. The van der Waals surface area contributed by atoms with Gasteiger partial charge in [0.1, 0.15) is 6.61 Å². The Morgan fingerprint density at radius 2 is 2.26 bits per heavy atom. The summed E-state index contributed by atoms with van der Waals surface area (Å²) in [5.41, 5.74) is 2.61. The molecule has 0 unspecified atom stereocenters. The summed E-state index contributed by atoms with van der Waals surface area (Å²) < 4.78 is 5.92. The first-order chi connectivity index (χ1) is 13.1. The van der Waals surface area contributed by atoms with E-state index in [-0.39, 0.29) is 5.97 Å². The molecule has 0 saturated heterocycles. The molecule has 27 heavy (non-hydrogen) atoms. The zero-order valence-corrected chi connectivity index (χ0v) is 17.4. The fourth-order valence-corrected chi connectivity index (χ4v) is 3.88. The van der Waals surface area contributed by atoms with E-state index in [0.29, 0.717) is 12.5 Å². The number of nitrogens with zero attached hydrogens (tertiary/aromatic N) is 1. The Kier molecular flexibility index (Phi) is 7.30. The van der Waals surface area contributed by atoms with E-state index in [4.69, 9.17) is 4.74 Å². The number of hydrogen-bond donors (Lipinski definition) is 1. The van der Waals surface area contributed by atoms with Gasteiger partial charge in [-0.2, -0.15) is 0 Å². The zero-order chi connectivity index (χ0) is 19.1. The molecule has 1 aromatic heterocycles. The Labute approximate surface area is 169 Å². The first-order valence-electron chi connectivity index (χ1n) is 9.53. The molecule has 144 valence electrons. The van der Waals surface area contributed by atoms with Gasteiger partial charge < -0.3 is 9.72 Å². The number of halogens is 1. The van der Waals surface area contributed by atoms with E-state index in [0.717, 1.165) is 43.4 Å². The molecule has 4 nitrogen and oxygen atoms in total. The fraction of sp³-hybridized carbons (Fsp3) is 0.409. The van der Waals surface area contributed by atoms with Gasteiger partial charge in [0.25, 0.3) is 0 Å². The highest BCUT2D eigenvalue weighted by atomic mass is 79.9. The lowest BCUT2D eigenvalue weighted by molar-refractivity contribution is -0.139. The highest BCUT2D eigenvalue weighted by Gasteiger charge is 2.15. The number of allylic oxidation sites excluding steroid dienone is 1. The predicted octanol–water partition coefficient (Wildman–Crippen LogP) is 4.82. The highest BCUT2D eigenvalue weighted by Crippen LogP contribution is 2.21. The van der Waals surface area contributed by atoms with E-state index >= 15 is 0 Å². The van der Waals surface area contributed by atoms with Crippen molar-refractivity contribution in [3.63, 3.8) is 0 Å². The van der Waals surface area contributed by atoms with Crippen LogP contribution in [0.3, 0.4) is 0 Å². The minimum absolute atomic E-state index is 0.249. The smallest absolute Gasteiger partial charge is 0.302 e. The summed E-state index contributed by atoms with van der Waals surface area (Å²) in [5, 5.41) is 1.34. The average molecular weight is 431 g/mol. The standard InChI is InChI=1S/C22H27BrN2O2/c1-17(26)27-16-20(23)8-4-6-18-7-5-12-25(15-18)13-11-19-14-24-22-10-3-2-9-21(19)22/h2-3,5,7-10,14,18,24H,4,6,11-13,15-16H2,1H3/b20-8-/t18-/m0/s1. The van der Waals surface area contributed by atoms with Crippen LogP contribution in [0.25, 0.3) is 10.9 Å². The molecule has 0 amide bonds. The van der Waals surface area contributed by atoms with Crippen LogP contribution in [0, 0.1) is 5.92 Å². The molecule has 1 aromatic carbocycles. The third kappa shape index (κ3) is 6.08. The summed E-state index contributed by atoms with van der Waals surface area (Å²) >= 11 is 3.46. The van der Waals surface area contributed by atoms with Crippen LogP contribution in [0.4, 0.5) is 0 Å². The van der Waals surface area contributed by atoms with E-state index in [9.17, 15) is 4.79 Å². The first kappa shape index (κ1) is 19.9. The lowest BCUT2D eigenvalue weighted by Crippen LogP contribution is -2.34. The number of aromatic amines is 1. The van der Waals surface area contributed by atoms with E-state index < -0.39 is 0 Å². The summed E-state index contributed by atoms with van der Waals surface area (Å²) in [6, 6.07) is 8.50. The summed E-state index contributed by atoms with van der Waals surface area (Å²) in [4.78, 5) is 16.7. The number of rotatable bonds is 8. The van der Waals surface area contributed by atoms with Crippen LogP contribution in [0.15, 0.2) is 53.2 Å². The molecule has 1 aliphatic rings. The van der Waals surface area contributed by atoms with E-state index in [1.165, 1.54) is 23.4 Å². The fourth-order valence-electron chi connectivity index (χ4n) is 3.54. The number of carbonyl (C=O) groups excluding carboxylic acids is 1. The van der Waals surface area contributed by atoms with Crippen LogP contribution < -0.4 is 0 Å². The second kappa shape index (κ2) is 9.90. The molecule has 2 aromatic rings. The number of carbonyl (C=O) groups is 1. The molecule has 0 saturated carbocycles. The molecular formula is C22H27BrN2O2. The molecule has 0 radical (unpaired) electrons. The Balaban J connectivity index is 1.44. The zero-order valence-electron chi connectivity index (χ0n) is 15.8. The molecular weight excluding hydrogens is 404 g/mol. The molecule has 0 fully saturated rings. The normalized spacial score (nSPS) is 18.1. The Hall–Kier alpha value is -1.85. The molecule has 0 bridgehead atoms. The second-order valence-corrected chi connectivity index (χ2v) is 8.08. The summed E-state index contributed by atoms with van der Waals surface area (Å²) in [7, 11) is 0. The summed E-state index contributed by atoms with van der Waals surface area (Å²) in [5.74, 6) is 0.327. The van der Waals surface area contributed by atoms with E-state index in [1.54, 1.807) is 0 Å². The molecule has 1 N–H and O–H groups in total. The Morgan fingerprint density at radius 3 is 3.11 bits per heavy atom.